The Bertz CT molecular complexity index is 415. The fourth-order valence-corrected chi connectivity index (χ4v) is 1.68. The molecule has 0 bridgehead atoms. The molecule has 0 fully saturated rings. The number of aryl methyl sites for hydroxylation is 1. The van der Waals surface area contributed by atoms with E-state index in [1.54, 1.807) is 19.1 Å². The van der Waals surface area contributed by atoms with E-state index in [-0.39, 0.29) is 11.7 Å². The Balaban J connectivity index is 2.91. The Labute approximate surface area is 103 Å². The highest BCUT2D eigenvalue weighted by Crippen LogP contribution is 2.16. The molecule has 3 nitrogen and oxygen atoms in total. The number of ketones is 1. The zero-order valence-corrected chi connectivity index (χ0v) is 10.9. The maximum Gasteiger partial charge on any atom is 0.224 e. The number of amides is 1. The summed E-state index contributed by atoms with van der Waals surface area (Å²) in [6, 6.07) is 5.30. The highest BCUT2D eigenvalue weighted by atomic mass is 79.9. The first-order valence-electron chi connectivity index (χ1n) is 5.08. The van der Waals surface area contributed by atoms with E-state index in [2.05, 4.69) is 21.2 Å². The summed E-state index contributed by atoms with van der Waals surface area (Å²) in [6.07, 6.45) is 0.446. The molecule has 1 rings (SSSR count). The minimum absolute atomic E-state index is 0.0287. The number of halogens is 1. The molecule has 0 aliphatic rings. The van der Waals surface area contributed by atoms with E-state index in [9.17, 15) is 9.59 Å². The second kappa shape index (κ2) is 5.80. The van der Waals surface area contributed by atoms with Crippen molar-refractivity contribution in [2.45, 2.75) is 20.3 Å². The van der Waals surface area contributed by atoms with Gasteiger partial charge in [-0.15, -0.1) is 0 Å². The van der Waals surface area contributed by atoms with Gasteiger partial charge < -0.3 is 5.32 Å². The van der Waals surface area contributed by atoms with Gasteiger partial charge in [-0.2, -0.15) is 0 Å². The number of Topliss-reactive ketones (excluding diaryl/α,β-unsaturated/α-hetero) is 1. The number of rotatable bonds is 4. The average Bonchev–Trinajstić information content (AvgIpc) is 2.28. The lowest BCUT2D eigenvalue weighted by atomic mass is 10.0. The van der Waals surface area contributed by atoms with Crippen molar-refractivity contribution in [3.63, 3.8) is 0 Å². The standard InChI is InChI=1S/C12H14BrNO2/c1-3-12(16)14-9-4-5-10(8(2)6-9)11(15)7-13/h4-6H,3,7H2,1-2H3,(H,14,16). The zero-order valence-electron chi connectivity index (χ0n) is 9.34. The van der Waals surface area contributed by atoms with Gasteiger partial charge in [-0.3, -0.25) is 9.59 Å². The van der Waals surface area contributed by atoms with Crippen molar-refractivity contribution in [3.8, 4) is 0 Å². The molecule has 1 aromatic carbocycles. The minimum atomic E-state index is -0.0287. The highest BCUT2D eigenvalue weighted by Gasteiger charge is 2.08. The van der Waals surface area contributed by atoms with Crippen LogP contribution in [0.1, 0.15) is 29.3 Å². The van der Waals surface area contributed by atoms with E-state index in [1.807, 2.05) is 13.0 Å². The van der Waals surface area contributed by atoms with Crippen molar-refractivity contribution in [2.24, 2.45) is 0 Å². The predicted molar refractivity (Wildman–Crippen MR) is 68.2 cm³/mol. The van der Waals surface area contributed by atoms with Crippen molar-refractivity contribution in [2.75, 3.05) is 10.6 Å². The van der Waals surface area contributed by atoms with Crippen molar-refractivity contribution in [1.29, 1.82) is 0 Å². The monoisotopic (exact) mass is 283 g/mol. The van der Waals surface area contributed by atoms with Gasteiger partial charge in [0.15, 0.2) is 5.78 Å². The number of anilines is 1. The molecule has 1 N–H and O–H groups in total. The third-order valence-corrected chi connectivity index (χ3v) is 2.76. The summed E-state index contributed by atoms with van der Waals surface area (Å²) in [4.78, 5) is 22.7. The molecule has 86 valence electrons. The van der Waals surface area contributed by atoms with Gasteiger partial charge in [-0.1, -0.05) is 22.9 Å². The molecular weight excluding hydrogens is 270 g/mol. The van der Waals surface area contributed by atoms with Gasteiger partial charge in [-0.05, 0) is 30.7 Å². The lowest BCUT2D eigenvalue weighted by molar-refractivity contribution is -0.115. The summed E-state index contributed by atoms with van der Waals surface area (Å²) in [7, 11) is 0. The summed E-state index contributed by atoms with van der Waals surface area (Å²) in [6.45, 7) is 3.66. The Hall–Kier alpha value is -1.16. The third-order valence-electron chi connectivity index (χ3n) is 2.25. The van der Waals surface area contributed by atoms with Crippen LogP contribution in [-0.2, 0) is 4.79 Å². The van der Waals surface area contributed by atoms with Crippen LogP contribution in [0.15, 0.2) is 18.2 Å². The molecule has 1 aromatic rings. The van der Waals surface area contributed by atoms with Crippen LogP contribution < -0.4 is 5.32 Å². The highest BCUT2D eigenvalue weighted by molar-refractivity contribution is 9.09. The lowest BCUT2D eigenvalue weighted by Gasteiger charge is -2.07. The number of carbonyl (C=O) groups excluding carboxylic acids is 2. The fourth-order valence-electron chi connectivity index (χ4n) is 1.38. The van der Waals surface area contributed by atoms with E-state index in [0.717, 1.165) is 11.3 Å². The number of alkyl halides is 1. The largest absolute Gasteiger partial charge is 0.326 e. The lowest BCUT2D eigenvalue weighted by Crippen LogP contribution is -2.10. The number of carbonyl (C=O) groups is 2. The van der Waals surface area contributed by atoms with Crippen molar-refractivity contribution in [3.05, 3.63) is 29.3 Å². The molecular formula is C12H14BrNO2. The average molecular weight is 284 g/mol. The first-order chi connectivity index (χ1) is 7.58. The smallest absolute Gasteiger partial charge is 0.224 e. The normalized spacial score (nSPS) is 9.94. The predicted octanol–water partition coefficient (Wildman–Crippen LogP) is 2.92. The van der Waals surface area contributed by atoms with E-state index in [4.69, 9.17) is 0 Å². The van der Waals surface area contributed by atoms with Crippen LogP contribution in [0.5, 0.6) is 0 Å². The van der Waals surface area contributed by atoms with Gasteiger partial charge in [0.25, 0.3) is 0 Å². The van der Waals surface area contributed by atoms with Crippen molar-refractivity contribution in [1.82, 2.24) is 0 Å². The molecule has 0 atom stereocenters. The Morgan fingerprint density at radius 2 is 2.06 bits per heavy atom. The van der Waals surface area contributed by atoms with E-state index in [1.165, 1.54) is 0 Å². The molecule has 0 saturated carbocycles. The van der Waals surface area contributed by atoms with E-state index < -0.39 is 0 Å². The van der Waals surface area contributed by atoms with Crippen molar-refractivity contribution < 1.29 is 9.59 Å². The van der Waals surface area contributed by atoms with Gasteiger partial charge in [0.1, 0.15) is 0 Å². The Kier molecular flexibility index (Phi) is 4.68. The van der Waals surface area contributed by atoms with Crippen LogP contribution in [0.25, 0.3) is 0 Å². The Morgan fingerprint density at radius 3 is 2.56 bits per heavy atom. The summed E-state index contributed by atoms with van der Waals surface area (Å²) < 4.78 is 0. The number of nitrogens with one attached hydrogen (secondary N) is 1. The van der Waals surface area contributed by atoms with Crippen LogP contribution in [0.2, 0.25) is 0 Å². The molecule has 0 saturated heterocycles. The summed E-state index contributed by atoms with van der Waals surface area (Å²) in [5, 5.41) is 3.07. The molecule has 4 heteroatoms. The Morgan fingerprint density at radius 1 is 1.38 bits per heavy atom. The molecule has 0 radical (unpaired) electrons. The third kappa shape index (κ3) is 3.17. The van der Waals surface area contributed by atoms with Gasteiger partial charge in [0, 0.05) is 17.7 Å². The van der Waals surface area contributed by atoms with Crippen LogP contribution in [0.4, 0.5) is 5.69 Å². The first kappa shape index (κ1) is 12.9. The summed E-state index contributed by atoms with van der Waals surface area (Å²) in [5.41, 5.74) is 2.29. The molecule has 16 heavy (non-hydrogen) atoms. The SMILES string of the molecule is CCC(=O)Nc1ccc(C(=O)CBr)c(C)c1. The molecule has 0 unspecified atom stereocenters. The van der Waals surface area contributed by atoms with Crippen LogP contribution >= 0.6 is 15.9 Å². The van der Waals surface area contributed by atoms with Crippen LogP contribution in [-0.4, -0.2) is 17.0 Å². The molecule has 0 aromatic heterocycles. The van der Waals surface area contributed by atoms with Crippen LogP contribution in [0.3, 0.4) is 0 Å². The van der Waals surface area contributed by atoms with Crippen molar-refractivity contribution >= 4 is 33.3 Å². The van der Waals surface area contributed by atoms with E-state index >= 15 is 0 Å². The zero-order chi connectivity index (χ0) is 12.1. The molecule has 1 amide bonds. The number of hydrogen-bond donors (Lipinski definition) is 1. The molecule has 0 heterocycles. The summed E-state index contributed by atoms with van der Waals surface area (Å²) >= 11 is 3.14. The summed E-state index contributed by atoms with van der Waals surface area (Å²) in [5.74, 6) is 0.0184. The van der Waals surface area contributed by atoms with Gasteiger partial charge in [0.05, 0.1) is 5.33 Å². The second-order valence-electron chi connectivity index (χ2n) is 3.49. The maximum atomic E-state index is 11.5. The minimum Gasteiger partial charge on any atom is -0.326 e. The van der Waals surface area contributed by atoms with Crippen LogP contribution in [0, 0.1) is 6.92 Å². The van der Waals surface area contributed by atoms with Gasteiger partial charge in [-0.25, -0.2) is 0 Å². The second-order valence-corrected chi connectivity index (χ2v) is 4.05. The first-order valence-corrected chi connectivity index (χ1v) is 6.20. The topological polar surface area (TPSA) is 46.2 Å². The fraction of sp³-hybridized carbons (Fsp3) is 0.333. The maximum absolute atomic E-state index is 11.5. The molecule has 0 aliphatic carbocycles. The van der Waals surface area contributed by atoms with Gasteiger partial charge in [0.2, 0.25) is 5.91 Å². The van der Waals surface area contributed by atoms with Gasteiger partial charge >= 0.3 is 0 Å². The molecule has 0 aliphatic heterocycles. The molecule has 0 spiro atoms. The number of benzene rings is 1. The number of hydrogen-bond acceptors (Lipinski definition) is 2. The van der Waals surface area contributed by atoms with E-state index in [0.29, 0.717) is 17.3 Å². The quantitative estimate of drug-likeness (QED) is 0.682.